The van der Waals surface area contributed by atoms with E-state index in [1.54, 1.807) is 12.5 Å². The maximum Gasteiger partial charge on any atom is 0.191 e. The molecule has 0 fully saturated rings. The molecule has 12 heavy (non-hydrogen) atoms. The molecule has 0 saturated heterocycles. The molecule has 3 nitrogen and oxygen atoms in total. The summed E-state index contributed by atoms with van der Waals surface area (Å²) in [5.41, 5.74) is 5.14. The maximum absolute atomic E-state index is 5.14. The Morgan fingerprint density at radius 3 is 2.25 bits per heavy atom. The smallest absolute Gasteiger partial charge is 0.191 e. The van der Waals surface area contributed by atoms with Crippen LogP contribution in [0.25, 0.3) is 0 Å². The number of nitrogens with two attached hydrogens (primary N) is 2. The Bertz CT molecular complexity index is 105. The standard InChI is InChI=1S/C4H11N.C3H4N2.ClH.Pd/c1-2-3-4-5;1-2-5-3-4-1;;/h2-5H2,1H3;1-3H,(H,4,5);1H;. The third-order valence-corrected chi connectivity index (χ3v) is 1.01. The van der Waals surface area contributed by atoms with Gasteiger partial charge in [-0.25, -0.2) is 4.99 Å². The zero-order valence-corrected chi connectivity index (χ0v) is 9.46. The molecule has 4 N–H and O–H groups in total. The number of unbranched alkanes of at least 4 members (excludes halogenated alkanes) is 1. The fourth-order valence-electron chi connectivity index (χ4n) is 0.453. The van der Waals surface area contributed by atoms with Crippen molar-refractivity contribution in [2.75, 3.05) is 6.54 Å². The quantitative estimate of drug-likeness (QED) is 0.516. The minimum Gasteiger partial charge on any atom is -1.00 e. The molecule has 1 aliphatic rings. The fourth-order valence-corrected chi connectivity index (χ4v) is 0.453. The van der Waals surface area contributed by atoms with Crippen LogP contribution >= 0.6 is 0 Å². The van der Waals surface area contributed by atoms with Crippen molar-refractivity contribution in [3.8, 4) is 0 Å². The van der Waals surface area contributed by atoms with E-state index in [2.05, 4.69) is 11.9 Å². The van der Waals surface area contributed by atoms with Crippen molar-refractivity contribution in [1.29, 1.82) is 0 Å². The molecule has 76 valence electrons. The van der Waals surface area contributed by atoms with Crippen LogP contribution in [0.5, 0.6) is 0 Å². The van der Waals surface area contributed by atoms with Crippen molar-refractivity contribution in [3.05, 3.63) is 12.4 Å². The van der Waals surface area contributed by atoms with Crippen LogP contribution in [0.1, 0.15) is 19.8 Å². The molecule has 0 aliphatic carbocycles. The van der Waals surface area contributed by atoms with E-state index in [4.69, 9.17) is 5.73 Å². The molecule has 1 aliphatic heterocycles. The molecule has 5 heteroatoms. The van der Waals surface area contributed by atoms with E-state index < -0.39 is 0 Å². The van der Waals surface area contributed by atoms with Crippen LogP contribution in [0.4, 0.5) is 0 Å². The van der Waals surface area contributed by atoms with E-state index >= 15 is 0 Å². The first kappa shape index (κ1) is 18.1. The Labute approximate surface area is 94.0 Å². The first-order chi connectivity index (χ1) is 4.91. The third-order valence-electron chi connectivity index (χ3n) is 1.01. The number of quaternary nitrogens is 1. The summed E-state index contributed by atoms with van der Waals surface area (Å²) in [4.78, 5) is 3.72. The first-order valence-corrected chi connectivity index (χ1v) is 3.63. The Morgan fingerprint density at radius 1 is 1.50 bits per heavy atom. The number of hydrogen-bond donors (Lipinski definition) is 2. The van der Waals surface area contributed by atoms with Crippen LogP contribution in [0.15, 0.2) is 17.4 Å². The van der Waals surface area contributed by atoms with Gasteiger partial charge in [-0.1, -0.05) is 13.3 Å². The number of hydrogen-bond acceptors (Lipinski definition) is 2. The summed E-state index contributed by atoms with van der Waals surface area (Å²) < 4.78 is 0. The molecule has 0 aromatic rings. The number of aliphatic imine (C=N–C) groups is 1. The summed E-state index contributed by atoms with van der Waals surface area (Å²) in [6.07, 6.45) is 7.77. The minimum atomic E-state index is 0. The zero-order chi connectivity index (χ0) is 7.66. The molecular formula is C7H16ClN3Pd. The SMILES string of the molecule is C1=C[NH2+]C=N1.CCCCN.[Cl-].[Pd]. The molecule has 0 spiro atoms. The summed E-state index contributed by atoms with van der Waals surface area (Å²) in [6.45, 7) is 2.98. The molecule has 0 aromatic heterocycles. The van der Waals surface area contributed by atoms with Crippen LogP contribution in [-0.2, 0) is 20.4 Å². The second-order valence-electron chi connectivity index (χ2n) is 1.97. The van der Waals surface area contributed by atoms with E-state index in [1.807, 2.05) is 11.5 Å². The summed E-state index contributed by atoms with van der Waals surface area (Å²) >= 11 is 0. The number of halogens is 1. The van der Waals surface area contributed by atoms with Gasteiger partial charge in [0, 0.05) is 20.4 Å². The predicted octanol–water partition coefficient (Wildman–Crippen LogP) is -3.19. The van der Waals surface area contributed by atoms with E-state index in [0.717, 1.165) is 6.54 Å². The van der Waals surface area contributed by atoms with Gasteiger partial charge >= 0.3 is 0 Å². The van der Waals surface area contributed by atoms with Crippen molar-refractivity contribution in [2.24, 2.45) is 10.7 Å². The summed E-state index contributed by atoms with van der Waals surface area (Å²) in [7, 11) is 0. The predicted molar refractivity (Wildman–Crippen MR) is 43.5 cm³/mol. The number of nitrogens with zero attached hydrogens (tertiary/aromatic N) is 1. The average Bonchev–Trinajstić information content (AvgIpc) is 2.44. The Hall–Kier alpha value is 0.282. The molecule has 0 radical (unpaired) electrons. The van der Waals surface area contributed by atoms with E-state index in [1.165, 1.54) is 12.8 Å². The van der Waals surface area contributed by atoms with Crippen molar-refractivity contribution < 1.29 is 38.1 Å². The maximum atomic E-state index is 5.14. The second kappa shape index (κ2) is 17.4. The second-order valence-corrected chi connectivity index (χ2v) is 1.97. The Kier molecular flexibility index (Phi) is 26.3. The van der Waals surface area contributed by atoms with Gasteiger partial charge in [0.05, 0.1) is 6.20 Å². The first-order valence-electron chi connectivity index (χ1n) is 3.63. The molecule has 0 saturated carbocycles. The van der Waals surface area contributed by atoms with Crippen molar-refractivity contribution >= 4 is 6.34 Å². The zero-order valence-electron chi connectivity index (χ0n) is 7.15. The van der Waals surface area contributed by atoms with Gasteiger partial charge in [0.25, 0.3) is 0 Å². The molecule has 1 rings (SSSR count). The van der Waals surface area contributed by atoms with E-state index in [0.29, 0.717) is 0 Å². The van der Waals surface area contributed by atoms with Gasteiger partial charge in [0.2, 0.25) is 0 Å². The van der Waals surface area contributed by atoms with Crippen LogP contribution < -0.4 is 23.5 Å². The topological polar surface area (TPSA) is 55.0 Å². The van der Waals surface area contributed by atoms with Crippen LogP contribution in [0.3, 0.4) is 0 Å². The minimum absolute atomic E-state index is 0. The van der Waals surface area contributed by atoms with Gasteiger partial charge in [0.15, 0.2) is 6.34 Å². The van der Waals surface area contributed by atoms with Crippen molar-refractivity contribution in [3.63, 3.8) is 0 Å². The summed E-state index contributed by atoms with van der Waals surface area (Å²) in [5.74, 6) is 0. The average molecular weight is 284 g/mol. The van der Waals surface area contributed by atoms with Gasteiger partial charge in [-0.2, -0.15) is 0 Å². The molecule has 0 aromatic carbocycles. The molecule has 0 unspecified atom stereocenters. The Morgan fingerprint density at radius 2 is 2.17 bits per heavy atom. The largest absolute Gasteiger partial charge is 1.00 e. The molecule has 0 bridgehead atoms. The van der Waals surface area contributed by atoms with Crippen LogP contribution in [0, 0.1) is 0 Å². The Balaban J connectivity index is -0.000000116. The molecule has 0 atom stereocenters. The van der Waals surface area contributed by atoms with Gasteiger partial charge in [-0.3, -0.25) is 5.32 Å². The molecule has 0 amide bonds. The molecule has 1 heterocycles. The van der Waals surface area contributed by atoms with Gasteiger partial charge in [-0.15, -0.1) is 0 Å². The van der Waals surface area contributed by atoms with Crippen molar-refractivity contribution in [2.45, 2.75) is 19.8 Å². The monoisotopic (exact) mass is 283 g/mol. The van der Waals surface area contributed by atoms with Gasteiger partial charge in [0.1, 0.15) is 6.20 Å². The van der Waals surface area contributed by atoms with Gasteiger partial charge < -0.3 is 18.1 Å². The van der Waals surface area contributed by atoms with Crippen molar-refractivity contribution in [1.82, 2.24) is 0 Å². The molecular weight excluding hydrogens is 268 g/mol. The van der Waals surface area contributed by atoms with Gasteiger partial charge in [-0.05, 0) is 13.0 Å². The number of rotatable bonds is 2. The fraction of sp³-hybridized carbons (Fsp3) is 0.571. The summed E-state index contributed by atoms with van der Waals surface area (Å²) in [5, 5.41) is 1.89. The van der Waals surface area contributed by atoms with E-state index in [-0.39, 0.29) is 32.8 Å². The summed E-state index contributed by atoms with van der Waals surface area (Å²) in [6, 6.07) is 0. The van der Waals surface area contributed by atoms with Crippen LogP contribution in [-0.4, -0.2) is 12.9 Å². The van der Waals surface area contributed by atoms with E-state index in [9.17, 15) is 0 Å². The third kappa shape index (κ3) is 16.7. The van der Waals surface area contributed by atoms with Crippen LogP contribution in [0.2, 0.25) is 0 Å². The normalized spacial score (nSPS) is 10.8.